The molecule has 4 heterocycles. The predicted molar refractivity (Wildman–Crippen MR) is 94.7 cm³/mol. The first-order valence-corrected chi connectivity index (χ1v) is 8.37. The Morgan fingerprint density at radius 1 is 1.38 bits per heavy atom. The maximum absolute atomic E-state index is 12.8. The number of aromatic amines is 1. The van der Waals surface area contributed by atoms with Crippen molar-refractivity contribution in [1.82, 2.24) is 24.6 Å². The number of likely N-dealkylation sites (tertiary alicyclic amines) is 1. The van der Waals surface area contributed by atoms with Gasteiger partial charge in [0, 0.05) is 42.5 Å². The highest BCUT2D eigenvalue weighted by Gasteiger charge is 2.34. The molecule has 8 nitrogen and oxygen atoms in total. The number of amides is 1. The quantitative estimate of drug-likeness (QED) is 0.590. The SMILES string of the molecule is CC(C(=O)N1CC(C#N)C1)n1cc2c(n1)c(=O)c1cnc3[nH]ccc2c31. The van der Waals surface area contributed by atoms with Gasteiger partial charge in [-0.05, 0) is 18.4 Å². The van der Waals surface area contributed by atoms with Crippen molar-refractivity contribution in [3.63, 3.8) is 0 Å². The highest BCUT2D eigenvalue weighted by Crippen LogP contribution is 2.29. The minimum atomic E-state index is -0.536. The van der Waals surface area contributed by atoms with Crippen molar-refractivity contribution < 1.29 is 4.79 Å². The number of nitrogens with zero attached hydrogens (tertiary/aromatic N) is 5. The molecule has 1 amide bonds. The van der Waals surface area contributed by atoms with Gasteiger partial charge in [-0.3, -0.25) is 14.3 Å². The summed E-state index contributed by atoms with van der Waals surface area (Å²) in [6, 6.07) is 3.52. The summed E-state index contributed by atoms with van der Waals surface area (Å²) < 4.78 is 1.55. The van der Waals surface area contributed by atoms with Crippen molar-refractivity contribution >= 4 is 38.6 Å². The fraction of sp³-hybridized carbons (Fsp3) is 0.278. The molecular weight excluding hydrogens is 332 g/mol. The Hall–Kier alpha value is -3.47. The molecule has 1 saturated heterocycles. The van der Waals surface area contributed by atoms with E-state index in [0.717, 1.165) is 10.8 Å². The van der Waals surface area contributed by atoms with Gasteiger partial charge in [-0.25, -0.2) is 4.98 Å². The summed E-state index contributed by atoms with van der Waals surface area (Å²) in [6.45, 7) is 2.67. The van der Waals surface area contributed by atoms with Gasteiger partial charge in [0.05, 0.1) is 17.4 Å². The molecule has 1 unspecified atom stereocenters. The molecule has 1 atom stereocenters. The van der Waals surface area contributed by atoms with Crippen LogP contribution in [0.25, 0.3) is 32.7 Å². The number of carbonyl (C=O) groups excluding carboxylic acids is 1. The van der Waals surface area contributed by atoms with Crippen molar-refractivity contribution in [3.8, 4) is 6.07 Å². The average molecular weight is 346 g/mol. The first-order chi connectivity index (χ1) is 12.6. The van der Waals surface area contributed by atoms with E-state index < -0.39 is 6.04 Å². The number of aromatic nitrogens is 4. The Morgan fingerprint density at radius 3 is 2.96 bits per heavy atom. The lowest BCUT2D eigenvalue weighted by atomic mass is 10.0. The van der Waals surface area contributed by atoms with Crippen LogP contribution in [0.4, 0.5) is 0 Å². The number of pyridine rings is 1. The summed E-state index contributed by atoms with van der Waals surface area (Å²) in [5.74, 6) is -0.182. The third-order valence-electron chi connectivity index (χ3n) is 5.18. The van der Waals surface area contributed by atoms with Crippen LogP contribution in [-0.4, -0.2) is 43.6 Å². The molecule has 5 rings (SSSR count). The number of H-pyrrole nitrogens is 1. The Labute approximate surface area is 147 Å². The third kappa shape index (κ3) is 1.82. The second-order valence-electron chi connectivity index (χ2n) is 6.73. The predicted octanol–water partition coefficient (Wildman–Crippen LogP) is 1.41. The number of fused-ring (bicyclic) bond motifs is 2. The average Bonchev–Trinajstić information content (AvgIpc) is 3.23. The molecule has 1 aromatic carbocycles. The van der Waals surface area contributed by atoms with E-state index in [4.69, 9.17) is 5.26 Å². The van der Waals surface area contributed by atoms with E-state index in [1.165, 1.54) is 0 Å². The smallest absolute Gasteiger partial charge is 0.247 e. The van der Waals surface area contributed by atoms with Gasteiger partial charge in [-0.1, -0.05) is 0 Å². The zero-order chi connectivity index (χ0) is 18.0. The number of carbonyl (C=O) groups is 1. The number of hydrogen-bond donors (Lipinski definition) is 1. The molecular formula is C18H14N6O2. The Bertz CT molecular complexity index is 1270. The first kappa shape index (κ1) is 14.8. The van der Waals surface area contributed by atoms with E-state index in [0.29, 0.717) is 35.0 Å². The summed E-state index contributed by atoms with van der Waals surface area (Å²) in [4.78, 5) is 34.3. The lowest BCUT2D eigenvalue weighted by Crippen LogP contribution is -2.51. The van der Waals surface area contributed by atoms with Gasteiger partial charge in [0.2, 0.25) is 11.3 Å². The molecule has 8 heteroatoms. The molecule has 1 N–H and O–H groups in total. The molecule has 3 aromatic heterocycles. The van der Waals surface area contributed by atoms with Gasteiger partial charge in [0.15, 0.2) is 0 Å². The van der Waals surface area contributed by atoms with Crippen LogP contribution in [-0.2, 0) is 4.79 Å². The van der Waals surface area contributed by atoms with Gasteiger partial charge < -0.3 is 9.88 Å². The molecule has 0 bridgehead atoms. The second-order valence-corrected chi connectivity index (χ2v) is 6.73. The minimum Gasteiger partial charge on any atom is -0.346 e. The number of rotatable bonds is 2. The maximum Gasteiger partial charge on any atom is 0.247 e. The topological polar surface area (TPSA) is 108 Å². The number of hydrogen-bond acceptors (Lipinski definition) is 5. The fourth-order valence-corrected chi connectivity index (χ4v) is 3.65. The van der Waals surface area contributed by atoms with Crippen LogP contribution in [0.15, 0.2) is 29.5 Å². The lowest BCUT2D eigenvalue weighted by molar-refractivity contribution is -0.139. The van der Waals surface area contributed by atoms with Gasteiger partial charge in [0.1, 0.15) is 17.2 Å². The molecule has 1 fully saturated rings. The standard InChI is InChI=1S/C18H14N6O2/c1-9(18(26)23-6-10(4-19)7-23)24-8-13-11-2-3-20-17-14(11)12(5-21-17)16(25)15(13)22-24/h2-3,5,8-10H,6-7H2,1H3,(H,20,21). The van der Waals surface area contributed by atoms with Crippen LogP contribution >= 0.6 is 0 Å². The molecule has 1 aliphatic heterocycles. The van der Waals surface area contributed by atoms with Crippen LogP contribution in [0.1, 0.15) is 13.0 Å². The van der Waals surface area contributed by atoms with Gasteiger partial charge >= 0.3 is 0 Å². The molecule has 0 aliphatic carbocycles. The highest BCUT2D eigenvalue weighted by molar-refractivity contribution is 6.19. The van der Waals surface area contributed by atoms with Crippen LogP contribution in [0.3, 0.4) is 0 Å². The van der Waals surface area contributed by atoms with Crippen molar-refractivity contribution in [2.45, 2.75) is 13.0 Å². The van der Waals surface area contributed by atoms with Crippen LogP contribution in [0.5, 0.6) is 0 Å². The van der Waals surface area contributed by atoms with Crippen LogP contribution in [0.2, 0.25) is 0 Å². The van der Waals surface area contributed by atoms with Gasteiger partial charge in [-0.2, -0.15) is 10.4 Å². The third-order valence-corrected chi connectivity index (χ3v) is 5.18. The number of nitrogens with one attached hydrogen (secondary N) is 1. The van der Waals surface area contributed by atoms with Gasteiger partial charge in [0.25, 0.3) is 0 Å². The molecule has 1 aliphatic rings. The number of nitriles is 1. The summed E-state index contributed by atoms with van der Waals surface area (Å²) >= 11 is 0. The van der Waals surface area contributed by atoms with Gasteiger partial charge in [-0.15, -0.1) is 0 Å². The Kier molecular flexibility index (Phi) is 2.86. The van der Waals surface area contributed by atoms with Crippen molar-refractivity contribution in [2.24, 2.45) is 5.92 Å². The Balaban J connectivity index is 1.63. The lowest BCUT2D eigenvalue weighted by Gasteiger charge is -2.36. The maximum atomic E-state index is 12.8. The first-order valence-electron chi connectivity index (χ1n) is 8.37. The van der Waals surface area contributed by atoms with Crippen molar-refractivity contribution in [1.29, 1.82) is 5.26 Å². The van der Waals surface area contributed by atoms with E-state index in [1.54, 1.807) is 35.1 Å². The summed E-state index contributed by atoms with van der Waals surface area (Å²) in [5, 5.41) is 16.2. The molecule has 0 spiro atoms. The summed E-state index contributed by atoms with van der Waals surface area (Å²) in [6.07, 6.45) is 5.09. The van der Waals surface area contributed by atoms with E-state index in [9.17, 15) is 9.59 Å². The zero-order valence-electron chi connectivity index (χ0n) is 13.9. The minimum absolute atomic E-state index is 0.0885. The Morgan fingerprint density at radius 2 is 2.19 bits per heavy atom. The fourth-order valence-electron chi connectivity index (χ4n) is 3.65. The van der Waals surface area contributed by atoms with Crippen LogP contribution < -0.4 is 5.43 Å². The number of benzene rings is 1. The molecule has 4 aromatic rings. The largest absolute Gasteiger partial charge is 0.346 e. The second kappa shape index (κ2) is 5.02. The molecule has 0 radical (unpaired) electrons. The molecule has 26 heavy (non-hydrogen) atoms. The monoisotopic (exact) mass is 346 g/mol. The zero-order valence-corrected chi connectivity index (χ0v) is 13.9. The van der Waals surface area contributed by atoms with Crippen LogP contribution in [0, 0.1) is 17.2 Å². The normalized spacial score (nSPS) is 16.2. The summed E-state index contributed by atoms with van der Waals surface area (Å²) in [5.41, 5.74) is 0.828. The highest BCUT2D eigenvalue weighted by atomic mass is 16.2. The van der Waals surface area contributed by atoms with Crippen molar-refractivity contribution in [3.05, 3.63) is 34.9 Å². The van der Waals surface area contributed by atoms with E-state index in [-0.39, 0.29) is 17.3 Å². The molecule has 0 saturated carbocycles. The van der Waals surface area contributed by atoms with E-state index in [2.05, 4.69) is 21.1 Å². The summed E-state index contributed by atoms with van der Waals surface area (Å²) in [7, 11) is 0. The van der Waals surface area contributed by atoms with E-state index >= 15 is 0 Å². The van der Waals surface area contributed by atoms with Crippen molar-refractivity contribution in [2.75, 3.05) is 13.1 Å². The molecule has 128 valence electrons. The van der Waals surface area contributed by atoms with E-state index in [1.807, 2.05) is 6.07 Å².